The van der Waals surface area contributed by atoms with E-state index < -0.39 is 0 Å². The average molecular weight is 205 g/mol. The van der Waals surface area contributed by atoms with Gasteiger partial charge in [-0.3, -0.25) is 4.68 Å². The summed E-state index contributed by atoms with van der Waals surface area (Å²) in [4.78, 5) is 3.98. The van der Waals surface area contributed by atoms with Crippen molar-refractivity contribution < 1.29 is 0 Å². The molecular weight excluding hydrogens is 190 g/mol. The third-order valence-electron chi connectivity index (χ3n) is 2.19. The normalized spacial score (nSPS) is 10.7. The van der Waals surface area contributed by atoms with Gasteiger partial charge >= 0.3 is 0 Å². The van der Waals surface area contributed by atoms with Crippen molar-refractivity contribution >= 4 is 0 Å². The van der Waals surface area contributed by atoms with Gasteiger partial charge in [-0.1, -0.05) is 0 Å². The van der Waals surface area contributed by atoms with Crippen LogP contribution in [0.5, 0.6) is 0 Å². The summed E-state index contributed by atoms with van der Waals surface area (Å²) >= 11 is 0. The van der Waals surface area contributed by atoms with Crippen LogP contribution < -0.4 is 5.32 Å². The quantitative estimate of drug-likeness (QED) is 0.719. The molecule has 0 amide bonds. The minimum atomic E-state index is 0.864. The van der Waals surface area contributed by atoms with Crippen LogP contribution in [0.4, 0.5) is 0 Å². The van der Waals surface area contributed by atoms with Gasteiger partial charge < -0.3 is 9.88 Å². The van der Waals surface area contributed by atoms with Gasteiger partial charge in [-0.05, 0) is 0 Å². The molecule has 2 heterocycles. The number of hydrogen-bond donors (Lipinski definition) is 1. The Bertz CT molecular complexity index is 390. The fourth-order valence-corrected chi connectivity index (χ4v) is 1.42. The van der Waals surface area contributed by atoms with Crippen molar-refractivity contribution in [3.05, 3.63) is 36.7 Å². The molecule has 0 spiro atoms. The highest BCUT2D eigenvalue weighted by Crippen LogP contribution is 1.94. The molecule has 0 radical (unpaired) electrons. The van der Waals surface area contributed by atoms with Crippen molar-refractivity contribution in [3.8, 4) is 0 Å². The van der Waals surface area contributed by atoms with Crippen LogP contribution in [0.25, 0.3) is 0 Å². The van der Waals surface area contributed by atoms with Crippen molar-refractivity contribution in [1.29, 1.82) is 0 Å². The van der Waals surface area contributed by atoms with E-state index in [0.717, 1.165) is 19.6 Å². The van der Waals surface area contributed by atoms with Gasteiger partial charge in [-0.15, -0.1) is 0 Å². The largest absolute Gasteiger partial charge is 0.336 e. The average Bonchev–Trinajstić information content (AvgIpc) is 2.84. The first-order chi connectivity index (χ1) is 7.34. The monoisotopic (exact) mass is 205 g/mol. The highest BCUT2D eigenvalue weighted by molar-refractivity contribution is 5.02. The Kier molecular flexibility index (Phi) is 3.14. The number of nitrogens with zero attached hydrogens (tertiary/aromatic N) is 4. The van der Waals surface area contributed by atoms with Crippen LogP contribution in [0.3, 0.4) is 0 Å². The maximum Gasteiger partial charge on any atom is 0.0946 e. The lowest BCUT2D eigenvalue weighted by molar-refractivity contribution is 0.597. The van der Waals surface area contributed by atoms with E-state index in [-0.39, 0.29) is 0 Å². The Morgan fingerprint density at radius 2 is 2.40 bits per heavy atom. The van der Waals surface area contributed by atoms with Gasteiger partial charge in [0.05, 0.1) is 12.5 Å². The third-order valence-corrected chi connectivity index (χ3v) is 2.19. The Morgan fingerprint density at radius 1 is 1.47 bits per heavy atom. The summed E-state index contributed by atoms with van der Waals surface area (Å²) in [6.45, 7) is 2.74. The zero-order valence-electron chi connectivity index (χ0n) is 8.80. The van der Waals surface area contributed by atoms with E-state index in [0.29, 0.717) is 0 Å². The second-order valence-electron chi connectivity index (χ2n) is 3.50. The Balaban J connectivity index is 1.67. The van der Waals surface area contributed by atoms with Crippen LogP contribution in [-0.4, -0.2) is 25.9 Å². The first-order valence-electron chi connectivity index (χ1n) is 4.98. The van der Waals surface area contributed by atoms with Crippen LogP contribution in [0.1, 0.15) is 5.56 Å². The number of aryl methyl sites for hydroxylation is 1. The molecule has 0 saturated heterocycles. The lowest BCUT2D eigenvalue weighted by Crippen LogP contribution is -2.18. The van der Waals surface area contributed by atoms with Gasteiger partial charge in [-0.2, -0.15) is 5.10 Å². The first-order valence-corrected chi connectivity index (χ1v) is 4.98. The zero-order chi connectivity index (χ0) is 10.5. The Hall–Kier alpha value is -1.62. The predicted octanol–water partition coefficient (Wildman–Crippen LogP) is 0.406. The summed E-state index contributed by atoms with van der Waals surface area (Å²) in [5.41, 5.74) is 1.21. The topological polar surface area (TPSA) is 47.7 Å². The van der Waals surface area contributed by atoms with E-state index >= 15 is 0 Å². The van der Waals surface area contributed by atoms with Crippen molar-refractivity contribution in [3.63, 3.8) is 0 Å². The van der Waals surface area contributed by atoms with E-state index in [1.165, 1.54) is 5.56 Å². The zero-order valence-corrected chi connectivity index (χ0v) is 8.80. The van der Waals surface area contributed by atoms with E-state index in [1.54, 1.807) is 6.20 Å². The number of hydrogen-bond acceptors (Lipinski definition) is 3. The van der Waals surface area contributed by atoms with Gasteiger partial charge in [0.15, 0.2) is 0 Å². The second-order valence-corrected chi connectivity index (χ2v) is 3.50. The molecule has 5 nitrogen and oxygen atoms in total. The maximum absolute atomic E-state index is 4.11. The van der Waals surface area contributed by atoms with Crippen molar-refractivity contribution in [2.45, 2.75) is 13.1 Å². The molecule has 2 aromatic heterocycles. The van der Waals surface area contributed by atoms with Gasteiger partial charge in [-0.25, -0.2) is 4.98 Å². The summed E-state index contributed by atoms with van der Waals surface area (Å²) in [6, 6.07) is 0. The molecule has 15 heavy (non-hydrogen) atoms. The molecule has 5 heteroatoms. The molecule has 0 aliphatic heterocycles. The molecule has 0 aromatic carbocycles. The minimum absolute atomic E-state index is 0.864. The number of nitrogens with one attached hydrogen (secondary N) is 1. The summed E-state index contributed by atoms with van der Waals surface area (Å²) in [5, 5.41) is 7.46. The number of aromatic nitrogens is 4. The fraction of sp³-hybridized carbons (Fsp3) is 0.400. The SMILES string of the molecule is Cn1cc(CNCCn2ccnc2)cn1. The molecule has 0 aliphatic rings. The van der Waals surface area contributed by atoms with Gasteiger partial charge in [0, 0.05) is 50.8 Å². The lowest BCUT2D eigenvalue weighted by Gasteiger charge is -2.03. The Morgan fingerprint density at radius 3 is 3.07 bits per heavy atom. The predicted molar refractivity (Wildman–Crippen MR) is 57.1 cm³/mol. The summed E-state index contributed by atoms with van der Waals surface area (Å²) in [6.07, 6.45) is 9.48. The van der Waals surface area contributed by atoms with Crippen LogP contribution in [0.15, 0.2) is 31.1 Å². The highest BCUT2D eigenvalue weighted by atomic mass is 15.2. The van der Waals surface area contributed by atoms with Crippen molar-refractivity contribution in [1.82, 2.24) is 24.6 Å². The molecule has 2 rings (SSSR count). The molecule has 0 saturated carbocycles. The van der Waals surface area contributed by atoms with E-state index in [4.69, 9.17) is 0 Å². The third kappa shape index (κ3) is 2.92. The second kappa shape index (κ2) is 4.75. The minimum Gasteiger partial charge on any atom is -0.336 e. The summed E-state index contributed by atoms with van der Waals surface area (Å²) in [7, 11) is 1.93. The molecule has 2 aromatic rings. The molecule has 0 aliphatic carbocycles. The fourth-order valence-electron chi connectivity index (χ4n) is 1.42. The molecule has 1 N–H and O–H groups in total. The van der Waals surface area contributed by atoms with Gasteiger partial charge in [0.1, 0.15) is 0 Å². The van der Waals surface area contributed by atoms with Crippen LogP contribution in [-0.2, 0) is 20.1 Å². The number of rotatable bonds is 5. The molecule has 80 valence electrons. The smallest absolute Gasteiger partial charge is 0.0946 e. The van der Waals surface area contributed by atoms with E-state index in [9.17, 15) is 0 Å². The molecule has 0 fully saturated rings. The molecular formula is C10H15N5. The van der Waals surface area contributed by atoms with Crippen molar-refractivity contribution in [2.75, 3.05) is 6.54 Å². The summed E-state index contributed by atoms with van der Waals surface area (Å²) < 4.78 is 3.86. The van der Waals surface area contributed by atoms with Crippen LogP contribution >= 0.6 is 0 Å². The molecule has 0 bridgehead atoms. The summed E-state index contributed by atoms with van der Waals surface area (Å²) in [5.74, 6) is 0. The van der Waals surface area contributed by atoms with E-state index in [1.807, 2.05) is 36.6 Å². The van der Waals surface area contributed by atoms with Gasteiger partial charge in [0.2, 0.25) is 0 Å². The first kappa shape index (κ1) is 9.92. The Labute approximate surface area is 88.7 Å². The molecule has 0 unspecified atom stereocenters. The van der Waals surface area contributed by atoms with Crippen LogP contribution in [0.2, 0.25) is 0 Å². The van der Waals surface area contributed by atoms with Crippen LogP contribution in [0, 0.1) is 0 Å². The molecule has 0 atom stereocenters. The van der Waals surface area contributed by atoms with Crippen molar-refractivity contribution in [2.24, 2.45) is 7.05 Å². The standard InChI is InChI=1S/C10H15N5/c1-14-8-10(7-13-14)6-11-2-4-15-5-3-12-9-15/h3,5,7-9,11H,2,4,6H2,1H3. The van der Waals surface area contributed by atoms with E-state index in [2.05, 4.69) is 20.0 Å². The lowest BCUT2D eigenvalue weighted by atomic mass is 10.3. The van der Waals surface area contributed by atoms with Gasteiger partial charge in [0.25, 0.3) is 0 Å². The maximum atomic E-state index is 4.11. The number of imidazole rings is 1. The highest BCUT2D eigenvalue weighted by Gasteiger charge is 1.95.